The second-order valence-corrected chi connectivity index (χ2v) is 10.2. The number of carbonyl (C=O) groups excluding carboxylic acids is 1. The van der Waals surface area contributed by atoms with Crippen LogP contribution in [-0.2, 0) is 29.9 Å². The van der Waals surface area contributed by atoms with E-state index in [1.165, 1.54) is 40.4 Å². The second kappa shape index (κ2) is 10.6. The lowest BCUT2D eigenvalue weighted by Crippen LogP contribution is -2.28. The molecule has 0 unspecified atom stereocenters. The van der Waals surface area contributed by atoms with Gasteiger partial charge in [-0.25, -0.2) is 4.98 Å². The Morgan fingerprint density at radius 1 is 1.31 bits per heavy atom. The predicted octanol–water partition coefficient (Wildman–Crippen LogP) is 2.13. The lowest BCUT2D eigenvalue weighted by molar-refractivity contribution is -0.118. The molecule has 0 aliphatic heterocycles. The van der Waals surface area contributed by atoms with Gasteiger partial charge in [0.2, 0.25) is 5.91 Å². The van der Waals surface area contributed by atoms with Gasteiger partial charge in [0.15, 0.2) is 10.3 Å². The van der Waals surface area contributed by atoms with E-state index < -0.39 is 0 Å². The molecule has 3 heterocycles. The number of nitrogens with zero attached hydrogens (tertiary/aromatic N) is 4. The van der Waals surface area contributed by atoms with Gasteiger partial charge in [0.1, 0.15) is 10.7 Å². The molecule has 3 N–H and O–H groups in total. The lowest BCUT2D eigenvalue weighted by Gasteiger charge is -2.09. The number of aliphatic hydroxyl groups excluding tert-OH is 1. The number of hydrogen-bond donors (Lipinski definition) is 3. The summed E-state index contributed by atoms with van der Waals surface area (Å²) in [5.74, 6) is 1.18. The Balaban J connectivity index is 1.48. The van der Waals surface area contributed by atoms with E-state index in [0.717, 1.165) is 29.5 Å². The molecule has 170 valence electrons. The van der Waals surface area contributed by atoms with Crippen LogP contribution >= 0.6 is 34.9 Å². The third-order valence-corrected chi connectivity index (χ3v) is 8.03. The van der Waals surface area contributed by atoms with Crippen LogP contribution in [0.3, 0.4) is 0 Å². The molecule has 32 heavy (non-hydrogen) atoms. The second-order valence-electron chi connectivity index (χ2n) is 7.21. The number of nitrogens with one attached hydrogen (secondary N) is 2. The van der Waals surface area contributed by atoms with Crippen molar-refractivity contribution in [2.24, 2.45) is 0 Å². The van der Waals surface area contributed by atoms with Gasteiger partial charge in [-0.1, -0.05) is 29.6 Å². The molecule has 1 aliphatic rings. The van der Waals surface area contributed by atoms with Crippen molar-refractivity contribution in [3.05, 3.63) is 39.3 Å². The SMILES string of the molecule is C=CCn1c(CSc2nc3sc4c(c3c(=O)[nH]2)CCCC4)nnc1SCC(=O)NCCO. The van der Waals surface area contributed by atoms with Gasteiger partial charge >= 0.3 is 0 Å². The first-order valence-electron chi connectivity index (χ1n) is 10.3. The number of aromatic amines is 1. The number of thiophene rings is 1. The van der Waals surface area contributed by atoms with Crippen molar-refractivity contribution in [1.82, 2.24) is 30.0 Å². The molecule has 9 nitrogen and oxygen atoms in total. The summed E-state index contributed by atoms with van der Waals surface area (Å²) in [5, 5.41) is 21.8. The molecule has 1 aliphatic carbocycles. The van der Waals surface area contributed by atoms with Gasteiger partial charge in [-0.15, -0.1) is 28.1 Å². The van der Waals surface area contributed by atoms with E-state index in [9.17, 15) is 9.59 Å². The highest BCUT2D eigenvalue weighted by molar-refractivity contribution is 7.99. The first kappa shape index (κ1) is 23.0. The summed E-state index contributed by atoms with van der Waals surface area (Å²) in [4.78, 5) is 34.3. The van der Waals surface area contributed by atoms with Crippen LogP contribution in [0.15, 0.2) is 27.8 Å². The first-order valence-corrected chi connectivity index (χ1v) is 13.1. The molecule has 4 rings (SSSR count). The van der Waals surface area contributed by atoms with Gasteiger partial charge in [0.25, 0.3) is 5.56 Å². The Morgan fingerprint density at radius 2 is 2.16 bits per heavy atom. The van der Waals surface area contributed by atoms with Crippen molar-refractivity contribution in [2.75, 3.05) is 18.9 Å². The highest BCUT2D eigenvalue weighted by Crippen LogP contribution is 2.34. The van der Waals surface area contributed by atoms with Crippen LogP contribution in [0.25, 0.3) is 10.2 Å². The van der Waals surface area contributed by atoms with Crippen LogP contribution in [0.1, 0.15) is 29.1 Å². The number of carbonyl (C=O) groups is 1. The van der Waals surface area contributed by atoms with E-state index in [1.807, 2.05) is 4.57 Å². The fourth-order valence-corrected chi connectivity index (χ4v) is 6.48. The van der Waals surface area contributed by atoms with Gasteiger partial charge in [0.05, 0.1) is 23.5 Å². The molecule has 0 saturated heterocycles. The van der Waals surface area contributed by atoms with Gasteiger partial charge in [-0.05, 0) is 31.2 Å². The first-order chi connectivity index (χ1) is 15.6. The maximum Gasteiger partial charge on any atom is 0.260 e. The van der Waals surface area contributed by atoms with Crippen molar-refractivity contribution in [3.63, 3.8) is 0 Å². The number of amides is 1. The standard InChI is InChI=1S/C20H24N6O3S3/c1-2-8-26-14(24-25-20(26)31-11-15(28)21-7-9-27)10-30-19-22-17(29)16-12-5-3-4-6-13(12)32-18(16)23-19/h2,27H,1,3-11H2,(H,21,28)(H,22,23,29). The van der Waals surface area contributed by atoms with Crippen LogP contribution in [0.2, 0.25) is 0 Å². The lowest BCUT2D eigenvalue weighted by atomic mass is 9.97. The van der Waals surface area contributed by atoms with Crippen LogP contribution < -0.4 is 10.9 Å². The number of rotatable bonds is 10. The van der Waals surface area contributed by atoms with E-state index in [1.54, 1.807) is 17.4 Å². The summed E-state index contributed by atoms with van der Waals surface area (Å²) < 4.78 is 1.89. The van der Waals surface area contributed by atoms with Gasteiger partial charge in [-0.3, -0.25) is 9.59 Å². The van der Waals surface area contributed by atoms with Crippen LogP contribution in [-0.4, -0.2) is 54.7 Å². The molecule has 3 aromatic rings. The van der Waals surface area contributed by atoms with Gasteiger partial charge < -0.3 is 20.0 Å². The number of hydrogen-bond acceptors (Lipinski definition) is 9. The summed E-state index contributed by atoms with van der Waals surface area (Å²) in [7, 11) is 0. The molecular formula is C20H24N6O3S3. The molecule has 0 aromatic carbocycles. The third kappa shape index (κ3) is 5.08. The molecule has 0 saturated carbocycles. The van der Waals surface area contributed by atoms with Crippen LogP contribution in [0.4, 0.5) is 0 Å². The Bertz CT molecular complexity index is 1190. The fraction of sp³-hybridized carbons (Fsp3) is 0.450. The number of allylic oxidation sites excluding steroid dienone is 1. The highest BCUT2D eigenvalue weighted by atomic mass is 32.2. The molecule has 12 heteroatoms. The average molecular weight is 493 g/mol. The maximum absolute atomic E-state index is 12.7. The smallest absolute Gasteiger partial charge is 0.260 e. The summed E-state index contributed by atoms with van der Waals surface area (Å²) >= 11 is 4.31. The Morgan fingerprint density at radius 3 is 2.97 bits per heavy atom. The zero-order valence-corrected chi connectivity index (χ0v) is 19.9. The van der Waals surface area contributed by atoms with E-state index in [2.05, 4.69) is 27.1 Å². The number of H-pyrrole nitrogens is 1. The monoisotopic (exact) mass is 492 g/mol. The quantitative estimate of drug-likeness (QED) is 0.223. The van der Waals surface area contributed by atoms with E-state index in [-0.39, 0.29) is 30.4 Å². The largest absolute Gasteiger partial charge is 0.395 e. The zero-order chi connectivity index (χ0) is 22.5. The van der Waals surface area contributed by atoms with Crippen molar-refractivity contribution in [3.8, 4) is 0 Å². The minimum absolute atomic E-state index is 0.0744. The molecule has 3 aromatic heterocycles. The highest BCUT2D eigenvalue weighted by Gasteiger charge is 2.20. The van der Waals surface area contributed by atoms with Crippen molar-refractivity contribution >= 4 is 51.0 Å². The third-order valence-electron chi connectivity index (χ3n) is 5.01. The average Bonchev–Trinajstić information content (AvgIpc) is 3.36. The van der Waals surface area contributed by atoms with E-state index in [4.69, 9.17) is 10.1 Å². The zero-order valence-electron chi connectivity index (χ0n) is 17.4. The van der Waals surface area contributed by atoms with Crippen molar-refractivity contribution < 1.29 is 9.90 Å². The molecular weight excluding hydrogens is 468 g/mol. The summed E-state index contributed by atoms with van der Waals surface area (Å²) in [5.41, 5.74) is 1.10. The Hall–Kier alpha value is -2.15. The number of aromatic nitrogens is 5. The normalized spacial score (nSPS) is 13.3. The topological polar surface area (TPSA) is 126 Å². The van der Waals surface area contributed by atoms with Gasteiger partial charge in [-0.2, -0.15) is 0 Å². The molecule has 1 amide bonds. The number of thioether (sulfide) groups is 2. The van der Waals surface area contributed by atoms with Crippen LogP contribution in [0.5, 0.6) is 0 Å². The summed E-state index contributed by atoms with van der Waals surface area (Å²) in [6, 6.07) is 0. The summed E-state index contributed by atoms with van der Waals surface area (Å²) in [6.07, 6.45) is 6.02. The summed E-state index contributed by atoms with van der Waals surface area (Å²) in [6.45, 7) is 4.42. The van der Waals surface area contributed by atoms with Crippen molar-refractivity contribution in [1.29, 1.82) is 0 Å². The molecule has 0 spiro atoms. The molecule has 0 fully saturated rings. The van der Waals surface area contributed by atoms with Crippen molar-refractivity contribution in [2.45, 2.75) is 48.3 Å². The molecule has 0 bridgehead atoms. The minimum atomic E-state index is -0.179. The van der Waals surface area contributed by atoms with E-state index in [0.29, 0.717) is 28.4 Å². The van der Waals surface area contributed by atoms with Gasteiger partial charge in [0, 0.05) is 18.0 Å². The van der Waals surface area contributed by atoms with E-state index >= 15 is 0 Å². The van der Waals surface area contributed by atoms with Crippen LogP contribution in [0, 0.1) is 0 Å². The maximum atomic E-state index is 12.7. The number of aryl methyl sites for hydroxylation is 2. The number of aliphatic hydroxyl groups is 1. The Labute approximate surface area is 197 Å². The predicted molar refractivity (Wildman–Crippen MR) is 127 cm³/mol. The number of fused-ring (bicyclic) bond motifs is 3. The fourth-order valence-electron chi connectivity index (χ4n) is 3.57. The molecule has 0 atom stereocenters. The minimum Gasteiger partial charge on any atom is -0.395 e. The Kier molecular flexibility index (Phi) is 7.66. The molecule has 0 radical (unpaired) electrons.